The van der Waals surface area contributed by atoms with Gasteiger partial charge >= 0.3 is 6.03 Å². The quantitative estimate of drug-likeness (QED) is 0.749. The number of nitrogens with one attached hydrogen (secondary N) is 2. The first-order chi connectivity index (χ1) is 7.49. The first-order valence-electron chi connectivity index (χ1n) is 5.23. The molecule has 4 N–H and O–H groups in total. The third-order valence-corrected chi connectivity index (χ3v) is 3.08. The van der Waals surface area contributed by atoms with Crippen molar-refractivity contribution in [1.82, 2.24) is 15.6 Å². The highest BCUT2D eigenvalue weighted by Crippen LogP contribution is 2.10. The molecular formula is C10H18N4OS. The number of carbonyl (C=O) groups is 1. The third-order valence-electron chi connectivity index (χ3n) is 2.36. The van der Waals surface area contributed by atoms with Crippen molar-refractivity contribution in [3.8, 4) is 0 Å². The van der Waals surface area contributed by atoms with Crippen molar-refractivity contribution in [2.24, 2.45) is 5.92 Å². The van der Waals surface area contributed by atoms with Crippen molar-refractivity contribution in [2.75, 3.05) is 5.73 Å². The van der Waals surface area contributed by atoms with Gasteiger partial charge in [0.05, 0.1) is 12.2 Å². The smallest absolute Gasteiger partial charge is 0.315 e. The number of hydrogen-bond acceptors (Lipinski definition) is 4. The Labute approximate surface area is 99.4 Å². The largest absolute Gasteiger partial charge is 0.375 e. The second kappa shape index (κ2) is 5.69. The minimum atomic E-state index is -0.173. The fourth-order valence-corrected chi connectivity index (χ4v) is 1.56. The molecule has 1 unspecified atom stereocenters. The van der Waals surface area contributed by atoms with E-state index in [4.69, 9.17) is 5.73 Å². The van der Waals surface area contributed by atoms with Crippen LogP contribution in [0.5, 0.6) is 0 Å². The van der Waals surface area contributed by atoms with Crippen LogP contribution in [0.2, 0.25) is 0 Å². The van der Waals surface area contributed by atoms with E-state index in [1.54, 1.807) is 0 Å². The highest BCUT2D eigenvalue weighted by atomic mass is 32.1. The molecule has 0 aliphatic heterocycles. The highest BCUT2D eigenvalue weighted by Gasteiger charge is 2.10. The van der Waals surface area contributed by atoms with Crippen LogP contribution in [-0.2, 0) is 6.54 Å². The second-order valence-electron chi connectivity index (χ2n) is 4.04. The number of nitrogens with zero attached hydrogens (tertiary/aromatic N) is 1. The number of hydrogen-bond donors (Lipinski definition) is 3. The Hall–Kier alpha value is -1.30. The van der Waals surface area contributed by atoms with Gasteiger partial charge in [0.15, 0.2) is 5.13 Å². The number of carbonyl (C=O) groups excluding carboxylic acids is 1. The average Bonchev–Trinajstić information content (AvgIpc) is 2.61. The standard InChI is InChI=1S/C10H18N4OS/c1-6(2)7(3)13-10(15)12-4-8-5-16-9(11)14-8/h5-7H,4H2,1-3H3,(H2,11,14)(H2,12,13,15). The zero-order valence-electron chi connectivity index (χ0n) is 9.78. The topological polar surface area (TPSA) is 80.0 Å². The maximum atomic E-state index is 11.5. The van der Waals surface area contributed by atoms with E-state index in [0.29, 0.717) is 17.6 Å². The molecule has 0 aliphatic carbocycles. The van der Waals surface area contributed by atoms with Gasteiger partial charge in [0.1, 0.15) is 0 Å². The van der Waals surface area contributed by atoms with Gasteiger partial charge in [-0.2, -0.15) is 0 Å². The lowest BCUT2D eigenvalue weighted by molar-refractivity contribution is 0.234. The molecule has 2 amide bonds. The van der Waals surface area contributed by atoms with E-state index in [-0.39, 0.29) is 12.1 Å². The van der Waals surface area contributed by atoms with E-state index in [9.17, 15) is 4.79 Å². The van der Waals surface area contributed by atoms with E-state index >= 15 is 0 Å². The van der Waals surface area contributed by atoms with E-state index in [0.717, 1.165) is 5.69 Å². The summed E-state index contributed by atoms with van der Waals surface area (Å²) in [5.41, 5.74) is 6.27. The SMILES string of the molecule is CC(C)C(C)NC(=O)NCc1csc(N)n1. The molecule has 0 fully saturated rings. The van der Waals surface area contributed by atoms with Crippen LogP contribution in [0.3, 0.4) is 0 Å². The van der Waals surface area contributed by atoms with Crippen molar-refractivity contribution in [1.29, 1.82) is 0 Å². The predicted molar refractivity (Wildman–Crippen MR) is 66.2 cm³/mol. The Bertz CT molecular complexity index is 350. The summed E-state index contributed by atoms with van der Waals surface area (Å²) in [6.07, 6.45) is 0. The van der Waals surface area contributed by atoms with Crippen molar-refractivity contribution < 1.29 is 4.79 Å². The Kier molecular flexibility index (Phi) is 4.54. The molecule has 6 heteroatoms. The second-order valence-corrected chi connectivity index (χ2v) is 4.93. The van der Waals surface area contributed by atoms with Crippen LogP contribution in [0.25, 0.3) is 0 Å². The lowest BCUT2D eigenvalue weighted by Gasteiger charge is -2.17. The lowest BCUT2D eigenvalue weighted by Crippen LogP contribution is -2.42. The zero-order chi connectivity index (χ0) is 12.1. The van der Waals surface area contributed by atoms with Crippen LogP contribution < -0.4 is 16.4 Å². The summed E-state index contributed by atoms with van der Waals surface area (Å²) >= 11 is 1.37. The van der Waals surface area contributed by atoms with Crippen LogP contribution in [-0.4, -0.2) is 17.1 Å². The minimum Gasteiger partial charge on any atom is -0.375 e. The number of thiazole rings is 1. The molecule has 1 rings (SSSR count). The number of nitrogens with two attached hydrogens (primary N) is 1. The Morgan fingerprint density at radius 2 is 2.25 bits per heavy atom. The van der Waals surface area contributed by atoms with Gasteiger partial charge in [-0.1, -0.05) is 13.8 Å². The van der Waals surface area contributed by atoms with Crippen molar-refractivity contribution in [2.45, 2.75) is 33.4 Å². The molecule has 0 bridgehead atoms. The van der Waals surface area contributed by atoms with Gasteiger partial charge in [0.25, 0.3) is 0 Å². The van der Waals surface area contributed by atoms with E-state index in [1.807, 2.05) is 12.3 Å². The molecule has 16 heavy (non-hydrogen) atoms. The summed E-state index contributed by atoms with van der Waals surface area (Å²) in [4.78, 5) is 15.5. The molecular weight excluding hydrogens is 224 g/mol. The maximum Gasteiger partial charge on any atom is 0.315 e. The number of aromatic nitrogens is 1. The van der Waals surface area contributed by atoms with Crippen molar-refractivity contribution in [3.63, 3.8) is 0 Å². The lowest BCUT2D eigenvalue weighted by atomic mass is 10.1. The van der Waals surface area contributed by atoms with Crippen LogP contribution >= 0.6 is 11.3 Å². The molecule has 0 spiro atoms. The van der Waals surface area contributed by atoms with Gasteiger partial charge in [0.2, 0.25) is 0 Å². The predicted octanol–water partition coefficient (Wildman–Crippen LogP) is 1.57. The number of urea groups is 1. The van der Waals surface area contributed by atoms with Gasteiger partial charge in [-0.15, -0.1) is 11.3 Å². The average molecular weight is 242 g/mol. The van der Waals surface area contributed by atoms with Crippen molar-refractivity contribution >= 4 is 22.5 Å². The summed E-state index contributed by atoms with van der Waals surface area (Å²) in [7, 11) is 0. The summed E-state index contributed by atoms with van der Waals surface area (Å²) in [6.45, 7) is 6.51. The Morgan fingerprint density at radius 1 is 1.56 bits per heavy atom. The summed E-state index contributed by atoms with van der Waals surface area (Å²) in [5.74, 6) is 0.417. The Morgan fingerprint density at radius 3 is 2.75 bits per heavy atom. The van der Waals surface area contributed by atoms with E-state index in [2.05, 4.69) is 29.5 Å². The molecule has 0 aliphatic rings. The van der Waals surface area contributed by atoms with Crippen LogP contribution in [0.1, 0.15) is 26.5 Å². The van der Waals surface area contributed by atoms with Gasteiger partial charge in [-0.05, 0) is 12.8 Å². The molecule has 1 heterocycles. The molecule has 0 saturated heterocycles. The van der Waals surface area contributed by atoms with Gasteiger partial charge in [-0.3, -0.25) is 0 Å². The molecule has 90 valence electrons. The molecule has 5 nitrogen and oxygen atoms in total. The number of rotatable bonds is 4. The van der Waals surface area contributed by atoms with Gasteiger partial charge < -0.3 is 16.4 Å². The molecule has 1 aromatic heterocycles. The normalized spacial score (nSPS) is 12.5. The fourth-order valence-electron chi connectivity index (χ4n) is 0.999. The van der Waals surface area contributed by atoms with E-state index in [1.165, 1.54) is 11.3 Å². The number of nitrogen functional groups attached to an aromatic ring is 1. The van der Waals surface area contributed by atoms with Gasteiger partial charge in [0, 0.05) is 11.4 Å². The molecule has 1 aromatic rings. The minimum absolute atomic E-state index is 0.153. The zero-order valence-corrected chi connectivity index (χ0v) is 10.6. The molecule has 0 radical (unpaired) electrons. The fraction of sp³-hybridized carbons (Fsp3) is 0.600. The van der Waals surface area contributed by atoms with Crippen molar-refractivity contribution in [3.05, 3.63) is 11.1 Å². The molecule has 0 saturated carbocycles. The summed E-state index contributed by atoms with van der Waals surface area (Å²) in [6, 6.07) is -0.0201. The summed E-state index contributed by atoms with van der Waals surface area (Å²) in [5, 5.41) is 7.94. The van der Waals surface area contributed by atoms with E-state index < -0.39 is 0 Å². The molecule has 0 aromatic carbocycles. The highest BCUT2D eigenvalue weighted by molar-refractivity contribution is 7.13. The number of anilines is 1. The molecule has 1 atom stereocenters. The van der Waals surface area contributed by atoms with Crippen LogP contribution in [0.15, 0.2) is 5.38 Å². The monoisotopic (exact) mass is 242 g/mol. The summed E-state index contributed by atoms with van der Waals surface area (Å²) < 4.78 is 0. The van der Waals surface area contributed by atoms with Crippen LogP contribution in [0.4, 0.5) is 9.93 Å². The Balaban J connectivity index is 2.30. The van der Waals surface area contributed by atoms with Crippen LogP contribution in [0, 0.1) is 5.92 Å². The first-order valence-corrected chi connectivity index (χ1v) is 6.11. The first kappa shape index (κ1) is 12.8. The van der Waals surface area contributed by atoms with Gasteiger partial charge in [-0.25, -0.2) is 9.78 Å². The third kappa shape index (κ3) is 4.06. The number of amides is 2. The maximum absolute atomic E-state index is 11.5.